The van der Waals surface area contributed by atoms with Gasteiger partial charge in [0.2, 0.25) is 10.3 Å². The van der Waals surface area contributed by atoms with Gasteiger partial charge in [0.05, 0.1) is 15.9 Å². The Bertz CT molecular complexity index is 791. The van der Waals surface area contributed by atoms with Crippen molar-refractivity contribution in [1.29, 1.82) is 0 Å². The summed E-state index contributed by atoms with van der Waals surface area (Å²) < 4.78 is 1.15. The molecule has 0 radical (unpaired) electrons. The van der Waals surface area contributed by atoms with E-state index in [0.717, 1.165) is 59.0 Å². The Kier molecular flexibility index (Phi) is 4.06. The molecule has 0 spiro atoms. The molecule has 120 valence electrons. The topological polar surface area (TPSA) is 70.1 Å². The number of piperazine rings is 1. The van der Waals surface area contributed by atoms with Crippen LogP contribution in [0.25, 0.3) is 10.3 Å². The van der Waals surface area contributed by atoms with E-state index in [1.807, 2.05) is 12.6 Å². The third-order valence-corrected chi connectivity index (χ3v) is 5.69. The van der Waals surface area contributed by atoms with Crippen molar-refractivity contribution >= 4 is 43.3 Å². The van der Waals surface area contributed by atoms with E-state index < -0.39 is 0 Å². The molecule has 9 heteroatoms. The Morgan fingerprint density at radius 1 is 1.17 bits per heavy atom. The zero-order valence-electron chi connectivity index (χ0n) is 12.8. The number of fused-ring (bicyclic) bond motifs is 1. The van der Waals surface area contributed by atoms with E-state index in [9.17, 15) is 0 Å². The molecule has 1 N–H and O–H groups in total. The van der Waals surface area contributed by atoms with Crippen LogP contribution < -0.4 is 10.2 Å². The maximum Gasteiger partial charge on any atom is 0.210 e. The first-order valence-electron chi connectivity index (χ1n) is 7.49. The van der Waals surface area contributed by atoms with E-state index >= 15 is 0 Å². The summed E-state index contributed by atoms with van der Waals surface area (Å²) in [6.07, 6.45) is 0. The molecule has 0 aromatic carbocycles. The van der Waals surface area contributed by atoms with Crippen LogP contribution in [0.15, 0.2) is 17.6 Å². The van der Waals surface area contributed by atoms with Crippen LogP contribution in [0, 0.1) is 0 Å². The zero-order valence-corrected chi connectivity index (χ0v) is 14.4. The van der Waals surface area contributed by atoms with Crippen LogP contribution in [0.2, 0.25) is 0 Å². The van der Waals surface area contributed by atoms with Crippen molar-refractivity contribution in [2.45, 2.75) is 6.54 Å². The number of aromatic nitrogens is 4. The fraction of sp³-hybridized carbons (Fsp3) is 0.429. The van der Waals surface area contributed by atoms with Gasteiger partial charge in [0.25, 0.3) is 0 Å². The highest BCUT2D eigenvalue weighted by Gasteiger charge is 2.20. The lowest BCUT2D eigenvalue weighted by Gasteiger charge is -2.34. The van der Waals surface area contributed by atoms with E-state index in [2.05, 4.69) is 47.4 Å². The van der Waals surface area contributed by atoms with Gasteiger partial charge in [-0.1, -0.05) is 11.3 Å². The summed E-state index contributed by atoms with van der Waals surface area (Å²) in [5.74, 6) is 0. The summed E-state index contributed by atoms with van der Waals surface area (Å²) in [6, 6.07) is 4.23. The van der Waals surface area contributed by atoms with E-state index in [1.165, 1.54) is 0 Å². The number of thiazole rings is 1. The quantitative estimate of drug-likeness (QED) is 0.773. The molecular weight excluding hydrogens is 330 g/mol. The third-order valence-electron chi connectivity index (χ3n) is 3.91. The highest BCUT2D eigenvalue weighted by Crippen LogP contribution is 2.24. The molecule has 0 unspecified atom stereocenters. The highest BCUT2D eigenvalue weighted by molar-refractivity contribution is 7.19. The van der Waals surface area contributed by atoms with Crippen molar-refractivity contribution < 1.29 is 0 Å². The fourth-order valence-corrected chi connectivity index (χ4v) is 4.02. The molecule has 1 fully saturated rings. The first-order chi connectivity index (χ1) is 11.3. The smallest absolute Gasteiger partial charge is 0.210 e. The third kappa shape index (κ3) is 3.12. The minimum absolute atomic E-state index is 0.861. The van der Waals surface area contributed by atoms with Crippen LogP contribution in [-0.2, 0) is 6.54 Å². The molecule has 1 aliphatic rings. The van der Waals surface area contributed by atoms with Gasteiger partial charge in [-0.15, -0.1) is 21.5 Å². The highest BCUT2D eigenvalue weighted by atomic mass is 32.1. The van der Waals surface area contributed by atoms with Crippen LogP contribution in [0.1, 0.15) is 5.69 Å². The average Bonchev–Trinajstić information content (AvgIpc) is 3.24. The first kappa shape index (κ1) is 14.7. The molecule has 23 heavy (non-hydrogen) atoms. The van der Waals surface area contributed by atoms with Crippen molar-refractivity contribution in [3.63, 3.8) is 0 Å². The van der Waals surface area contributed by atoms with Crippen molar-refractivity contribution in [2.75, 3.05) is 43.4 Å². The van der Waals surface area contributed by atoms with Gasteiger partial charge in [-0.2, -0.15) is 0 Å². The summed E-state index contributed by atoms with van der Waals surface area (Å²) in [4.78, 5) is 13.7. The average molecular weight is 347 g/mol. The van der Waals surface area contributed by atoms with Crippen LogP contribution >= 0.6 is 22.7 Å². The van der Waals surface area contributed by atoms with Gasteiger partial charge in [-0.25, -0.2) is 9.97 Å². The van der Waals surface area contributed by atoms with Crippen LogP contribution in [0.4, 0.5) is 10.3 Å². The lowest BCUT2D eigenvalue weighted by atomic mass is 10.3. The molecule has 0 atom stereocenters. The Hall–Kier alpha value is -1.84. The normalized spacial score (nSPS) is 16.1. The summed E-state index contributed by atoms with van der Waals surface area (Å²) >= 11 is 3.23. The summed E-state index contributed by atoms with van der Waals surface area (Å²) in [5, 5.41) is 13.2. The second-order valence-corrected chi connectivity index (χ2v) is 7.22. The standard InChI is InChI=1S/C14H17N7S2/c1-15-13-18-19-14(23-13)21-6-4-20(5-7-21)8-10-2-3-11-12(17-10)16-9-22-11/h2-3,9H,4-8H2,1H3,(H,15,18). The number of hydrogen-bond donors (Lipinski definition) is 1. The molecule has 4 heterocycles. The molecule has 0 amide bonds. The largest absolute Gasteiger partial charge is 0.363 e. The number of nitrogens with one attached hydrogen (secondary N) is 1. The molecule has 0 saturated carbocycles. The fourth-order valence-electron chi connectivity index (χ4n) is 2.65. The van der Waals surface area contributed by atoms with E-state index in [-0.39, 0.29) is 0 Å². The lowest BCUT2D eigenvalue weighted by molar-refractivity contribution is 0.247. The minimum Gasteiger partial charge on any atom is -0.363 e. The van der Waals surface area contributed by atoms with Crippen molar-refractivity contribution in [2.24, 2.45) is 0 Å². The van der Waals surface area contributed by atoms with Gasteiger partial charge >= 0.3 is 0 Å². The maximum absolute atomic E-state index is 4.64. The van der Waals surface area contributed by atoms with E-state index in [1.54, 1.807) is 22.7 Å². The van der Waals surface area contributed by atoms with Crippen LogP contribution in [-0.4, -0.2) is 58.3 Å². The number of hydrogen-bond acceptors (Lipinski definition) is 9. The zero-order chi connectivity index (χ0) is 15.6. The van der Waals surface area contributed by atoms with Crippen molar-refractivity contribution in [1.82, 2.24) is 25.1 Å². The van der Waals surface area contributed by atoms with Crippen LogP contribution in [0.3, 0.4) is 0 Å². The summed E-state index contributed by atoms with van der Waals surface area (Å²) in [6.45, 7) is 4.82. The van der Waals surface area contributed by atoms with Gasteiger partial charge in [-0.05, 0) is 12.1 Å². The predicted molar refractivity (Wildman–Crippen MR) is 94.4 cm³/mol. The Morgan fingerprint density at radius 3 is 2.83 bits per heavy atom. The number of nitrogens with zero attached hydrogens (tertiary/aromatic N) is 6. The van der Waals surface area contributed by atoms with Gasteiger partial charge < -0.3 is 10.2 Å². The van der Waals surface area contributed by atoms with Crippen molar-refractivity contribution in [3.8, 4) is 0 Å². The van der Waals surface area contributed by atoms with Gasteiger partial charge in [0.1, 0.15) is 0 Å². The molecule has 1 aliphatic heterocycles. The summed E-state index contributed by atoms with van der Waals surface area (Å²) in [7, 11) is 1.87. The maximum atomic E-state index is 4.64. The molecule has 3 aromatic heterocycles. The Labute approximate surface area is 142 Å². The van der Waals surface area contributed by atoms with Gasteiger partial charge in [-0.3, -0.25) is 4.90 Å². The first-order valence-corrected chi connectivity index (χ1v) is 9.19. The number of anilines is 2. The molecule has 3 aromatic rings. The predicted octanol–water partition coefficient (Wildman–Crippen LogP) is 1.91. The van der Waals surface area contributed by atoms with E-state index in [4.69, 9.17) is 0 Å². The second kappa shape index (κ2) is 6.34. The summed E-state index contributed by atoms with van der Waals surface area (Å²) in [5.41, 5.74) is 3.80. The number of rotatable bonds is 4. The number of pyridine rings is 1. The molecule has 1 saturated heterocycles. The molecule has 0 bridgehead atoms. The van der Waals surface area contributed by atoms with E-state index in [0.29, 0.717) is 0 Å². The molecular formula is C14H17N7S2. The van der Waals surface area contributed by atoms with Gasteiger partial charge in [0, 0.05) is 39.8 Å². The Balaban J connectivity index is 1.37. The molecule has 7 nitrogen and oxygen atoms in total. The SMILES string of the molecule is CNc1nnc(N2CCN(Cc3ccc4scnc4n3)CC2)s1. The molecule has 0 aliphatic carbocycles. The minimum atomic E-state index is 0.861. The lowest BCUT2D eigenvalue weighted by Crippen LogP contribution is -2.46. The van der Waals surface area contributed by atoms with Crippen molar-refractivity contribution in [3.05, 3.63) is 23.3 Å². The molecule has 4 rings (SSSR count). The monoisotopic (exact) mass is 347 g/mol. The van der Waals surface area contributed by atoms with Crippen LogP contribution in [0.5, 0.6) is 0 Å². The Morgan fingerprint density at radius 2 is 2.04 bits per heavy atom. The second-order valence-electron chi connectivity index (χ2n) is 5.38. The van der Waals surface area contributed by atoms with Gasteiger partial charge in [0.15, 0.2) is 5.65 Å².